The van der Waals surface area contributed by atoms with Gasteiger partial charge in [0.05, 0.1) is 0 Å². The van der Waals surface area contributed by atoms with Gasteiger partial charge in [-0.15, -0.1) is 0 Å². The van der Waals surface area contributed by atoms with Crippen LogP contribution in [0.2, 0.25) is 0 Å². The number of nitrogens with zero attached hydrogens (tertiary/aromatic N) is 1. The summed E-state index contributed by atoms with van der Waals surface area (Å²) in [5.41, 5.74) is 2.01. The molecule has 1 radical (unpaired) electrons. The third-order valence-corrected chi connectivity index (χ3v) is 2.90. The molecule has 0 fully saturated rings. The van der Waals surface area contributed by atoms with E-state index in [-0.39, 0.29) is 0 Å². The van der Waals surface area contributed by atoms with Gasteiger partial charge in [-0.3, -0.25) is 0 Å². The highest BCUT2D eigenvalue weighted by Crippen LogP contribution is 2.24. The van der Waals surface area contributed by atoms with Crippen molar-refractivity contribution in [2.24, 2.45) is 0 Å². The van der Waals surface area contributed by atoms with Crippen molar-refractivity contribution in [1.82, 2.24) is 5.16 Å². The molecule has 0 amide bonds. The first-order valence-corrected chi connectivity index (χ1v) is 5.40. The van der Waals surface area contributed by atoms with Crippen molar-refractivity contribution in [1.29, 1.82) is 0 Å². The Labute approximate surface area is 96.4 Å². The molecule has 1 aromatic heterocycles. The molecule has 0 bridgehead atoms. The van der Waals surface area contributed by atoms with Gasteiger partial charge in [-0.2, -0.15) is 0 Å². The summed E-state index contributed by atoms with van der Waals surface area (Å²) < 4.78 is 6.30. The normalized spacial score (nSPS) is 10.4. The van der Waals surface area contributed by atoms with Gasteiger partial charge in [-0.05, 0) is 28.7 Å². The van der Waals surface area contributed by atoms with Gasteiger partial charge in [0.15, 0.2) is 0 Å². The molecule has 0 spiro atoms. The maximum atomic E-state index is 5.11. The van der Waals surface area contributed by atoms with Gasteiger partial charge in [0.1, 0.15) is 11.5 Å². The molecule has 0 N–H and O–H groups in total. The molecule has 2 aromatic rings. The monoisotopic (exact) mass is 298 g/mol. The van der Waals surface area contributed by atoms with Gasteiger partial charge < -0.3 is 4.52 Å². The van der Waals surface area contributed by atoms with Crippen LogP contribution in [0.1, 0.15) is 12.7 Å². The maximum absolute atomic E-state index is 5.11. The van der Waals surface area contributed by atoms with Crippen LogP contribution < -0.4 is 0 Å². The Bertz CT molecular complexity index is 436. The number of halogens is 1. The van der Waals surface area contributed by atoms with Crippen LogP contribution in [0.25, 0.3) is 11.3 Å². The fraction of sp³-hybridized carbons (Fsp3) is 0.0909. The van der Waals surface area contributed by atoms with Crippen LogP contribution in [0.5, 0.6) is 0 Å². The average Bonchev–Trinajstić information content (AvgIpc) is 2.67. The molecular weight excluding hydrogens is 289 g/mol. The summed E-state index contributed by atoms with van der Waals surface area (Å²) >= 11 is 2.29. The minimum atomic E-state index is 0.805. The van der Waals surface area contributed by atoms with E-state index in [0.29, 0.717) is 0 Å². The summed E-state index contributed by atoms with van der Waals surface area (Å²) in [6.45, 7) is 1.93. The second-order valence-electron chi connectivity index (χ2n) is 2.88. The zero-order valence-electron chi connectivity index (χ0n) is 7.70. The van der Waals surface area contributed by atoms with E-state index in [4.69, 9.17) is 4.52 Å². The lowest BCUT2D eigenvalue weighted by atomic mass is 10.1. The van der Waals surface area contributed by atoms with Crippen molar-refractivity contribution >= 4 is 22.6 Å². The maximum Gasteiger partial charge on any atom is 0.140 e. The van der Waals surface area contributed by atoms with E-state index in [9.17, 15) is 0 Å². The average molecular weight is 298 g/mol. The highest BCUT2D eigenvalue weighted by Gasteiger charge is 2.07. The summed E-state index contributed by atoms with van der Waals surface area (Å²) in [5.74, 6) is 0.805. The Morgan fingerprint density at radius 1 is 1.36 bits per heavy atom. The zero-order chi connectivity index (χ0) is 9.97. The third kappa shape index (κ3) is 1.82. The first-order valence-electron chi connectivity index (χ1n) is 4.32. The quantitative estimate of drug-likeness (QED) is 0.793. The molecule has 0 unspecified atom stereocenters. The summed E-state index contributed by atoms with van der Waals surface area (Å²) in [6, 6.07) is 10.1. The Kier molecular flexibility index (Phi) is 2.86. The highest BCUT2D eigenvalue weighted by atomic mass is 127. The standard InChI is InChI=1S/C11H9INO/c1-2-8-7-11(13-14-8)9-5-3-4-6-10(9)12/h2-7H,1H3. The largest absolute Gasteiger partial charge is 0.360 e. The van der Waals surface area contributed by atoms with Crippen LogP contribution in [0.3, 0.4) is 0 Å². The van der Waals surface area contributed by atoms with Gasteiger partial charge >= 0.3 is 0 Å². The minimum absolute atomic E-state index is 0.805. The van der Waals surface area contributed by atoms with Crippen LogP contribution in [0.15, 0.2) is 34.9 Å². The molecule has 2 rings (SSSR count). The van der Waals surface area contributed by atoms with Crippen LogP contribution in [0, 0.1) is 9.99 Å². The van der Waals surface area contributed by atoms with E-state index in [1.807, 2.05) is 37.6 Å². The number of hydrogen-bond acceptors (Lipinski definition) is 2. The van der Waals surface area contributed by atoms with Gasteiger partial charge in [0.2, 0.25) is 0 Å². The van der Waals surface area contributed by atoms with E-state index < -0.39 is 0 Å². The Hall–Kier alpha value is -0.840. The second-order valence-corrected chi connectivity index (χ2v) is 4.05. The lowest BCUT2D eigenvalue weighted by molar-refractivity contribution is 0.404. The number of rotatable bonds is 2. The lowest BCUT2D eigenvalue weighted by Gasteiger charge is -1.97. The molecule has 0 aliphatic carbocycles. The van der Waals surface area contributed by atoms with Crippen molar-refractivity contribution in [2.75, 3.05) is 0 Å². The van der Waals surface area contributed by atoms with Crippen LogP contribution >= 0.6 is 22.6 Å². The van der Waals surface area contributed by atoms with E-state index in [0.717, 1.165) is 17.0 Å². The van der Waals surface area contributed by atoms with Crippen LogP contribution in [-0.2, 0) is 0 Å². The predicted molar refractivity (Wildman–Crippen MR) is 63.7 cm³/mol. The topological polar surface area (TPSA) is 26.0 Å². The molecule has 71 valence electrons. The first-order chi connectivity index (χ1) is 6.81. The van der Waals surface area contributed by atoms with Gasteiger partial charge in [0, 0.05) is 21.6 Å². The fourth-order valence-electron chi connectivity index (χ4n) is 1.22. The molecule has 0 saturated heterocycles. The van der Waals surface area contributed by atoms with Gasteiger partial charge in [0.25, 0.3) is 0 Å². The summed E-state index contributed by atoms with van der Waals surface area (Å²) in [6.07, 6.45) is 1.90. The van der Waals surface area contributed by atoms with E-state index >= 15 is 0 Å². The Morgan fingerprint density at radius 2 is 2.14 bits per heavy atom. The van der Waals surface area contributed by atoms with Crippen LogP contribution in [0.4, 0.5) is 0 Å². The lowest BCUT2D eigenvalue weighted by Crippen LogP contribution is -1.80. The van der Waals surface area contributed by atoms with Gasteiger partial charge in [-0.1, -0.05) is 30.3 Å². The molecule has 0 aliphatic heterocycles. The Morgan fingerprint density at radius 3 is 2.79 bits per heavy atom. The zero-order valence-corrected chi connectivity index (χ0v) is 9.86. The van der Waals surface area contributed by atoms with Gasteiger partial charge in [-0.25, -0.2) is 0 Å². The van der Waals surface area contributed by atoms with E-state index in [1.165, 1.54) is 3.57 Å². The van der Waals surface area contributed by atoms with Crippen LogP contribution in [-0.4, -0.2) is 5.16 Å². The number of benzene rings is 1. The smallest absolute Gasteiger partial charge is 0.140 e. The van der Waals surface area contributed by atoms with Crippen molar-refractivity contribution in [3.8, 4) is 11.3 Å². The van der Waals surface area contributed by atoms with Crippen molar-refractivity contribution in [3.05, 3.63) is 46.1 Å². The molecular formula is C11H9INO. The van der Waals surface area contributed by atoms with E-state index in [2.05, 4.69) is 33.8 Å². The molecule has 2 nitrogen and oxygen atoms in total. The molecule has 14 heavy (non-hydrogen) atoms. The van der Waals surface area contributed by atoms with Crippen molar-refractivity contribution < 1.29 is 4.52 Å². The van der Waals surface area contributed by atoms with E-state index in [1.54, 1.807) is 0 Å². The first kappa shape index (κ1) is 9.71. The minimum Gasteiger partial charge on any atom is -0.360 e. The fourth-order valence-corrected chi connectivity index (χ4v) is 1.88. The molecule has 0 saturated carbocycles. The molecule has 3 heteroatoms. The molecule has 1 heterocycles. The SMILES string of the molecule is C[CH]c1cc(-c2ccccc2I)no1. The molecule has 0 aliphatic rings. The molecule has 0 atom stereocenters. The summed E-state index contributed by atoms with van der Waals surface area (Å²) in [4.78, 5) is 0. The number of aromatic nitrogens is 1. The van der Waals surface area contributed by atoms with Crippen molar-refractivity contribution in [3.63, 3.8) is 0 Å². The highest BCUT2D eigenvalue weighted by molar-refractivity contribution is 14.1. The second kappa shape index (κ2) is 4.13. The third-order valence-electron chi connectivity index (χ3n) is 1.96. The van der Waals surface area contributed by atoms with Crippen molar-refractivity contribution in [2.45, 2.75) is 6.92 Å². The Balaban J connectivity index is 2.44. The summed E-state index contributed by atoms with van der Waals surface area (Å²) in [7, 11) is 0. The molecule has 1 aromatic carbocycles. The summed E-state index contributed by atoms with van der Waals surface area (Å²) in [5, 5.41) is 4.01. The predicted octanol–water partition coefficient (Wildman–Crippen LogP) is 3.52. The number of hydrogen-bond donors (Lipinski definition) is 0.